The van der Waals surface area contributed by atoms with Crippen molar-refractivity contribution in [3.05, 3.63) is 204 Å². The van der Waals surface area contributed by atoms with Gasteiger partial charge in [-0.15, -0.1) is 0 Å². The smallest absolute Gasteiger partial charge is 0.423 e. The zero-order valence-corrected chi connectivity index (χ0v) is 32.0. The van der Waals surface area contributed by atoms with Gasteiger partial charge in [-0.2, -0.15) is 0 Å². The number of benzene rings is 7. The largest absolute Gasteiger partial charge is 0.519 e. The molecular formula is C48H30O14. The van der Waals surface area contributed by atoms with Gasteiger partial charge in [-0.05, 0) is 121 Å². The molecule has 0 aliphatic rings. The molecule has 62 heavy (non-hydrogen) atoms. The fourth-order valence-electron chi connectivity index (χ4n) is 5.35. The molecule has 0 aliphatic carbocycles. The van der Waals surface area contributed by atoms with Crippen molar-refractivity contribution in [3.63, 3.8) is 0 Å². The summed E-state index contributed by atoms with van der Waals surface area (Å²) < 4.78 is 42.8. The molecule has 14 nitrogen and oxygen atoms in total. The minimum Gasteiger partial charge on any atom is -0.423 e. The molecule has 0 unspecified atom stereocenters. The average molecular weight is 831 g/mol. The third kappa shape index (κ3) is 11.5. The number of esters is 4. The number of hydrogen-bond acceptors (Lipinski definition) is 14. The first-order valence-electron chi connectivity index (χ1n) is 18.4. The number of carbonyl (C=O) groups is 6. The lowest BCUT2D eigenvalue weighted by Gasteiger charge is -2.12. The first kappa shape index (κ1) is 41.1. The van der Waals surface area contributed by atoms with Gasteiger partial charge in [0.1, 0.15) is 46.0 Å². The van der Waals surface area contributed by atoms with Gasteiger partial charge in [-0.25, -0.2) is 28.8 Å². The van der Waals surface area contributed by atoms with Crippen molar-refractivity contribution < 1.29 is 66.7 Å². The van der Waals surface area contributed by atoms with Crippen LogP contribution in [0.4, 0.5) is 9.59 Å². The Balaban J connectivity index is 1.02. The molecule has 0 saturated heterocycles. The van der Waals surface area contributed by atoms with Crippen LogP contribution in [0.3, 0.4) is 0 Å². The van der Waals surface area contributed by atoms with Gasteiger partial charge in [0.05, 0.1) is 22.3 Å². The second-order valence-corrected chi connectivity index (χ2v) is 12.7. The van der Waals surface area contributed by atoms with Crippen LogP contribution in [0.1, 0.15) is 41.4 Å². The van der Waals surface area contributed by atoms with Crippen LogP contribution in [0, 0.1) is 0 Å². The summed E-state index contributed by atoms with van der Waals surface area (Å²) in [5.41, 5.74) is 0.801. The molecule has 0 atom stereocenters. The average Bonchev–Trinajstić information content (AvgIpc) is 3.29. The molecule has 0 N–H and O–H groups in total. The Labute approximate surface area is 352 Å². The molecule has 0 saturated carbocycles. The molecular weight excluding hydrogens is 801 g/mol. The van der Waals surface area contributed by atoms with E-state index in [1.807, 2.05) is 0 Å². The Morgan fingerprint density at radius 2 is 0.452 bits per heavy atom. The summed E-state index contributed by atoms with van der Waals surface area (Å²) in [5.74, 6) is -2.66. The van der Waals surface area contributed by atoms with Gasteiger partial charge < -0.3 is 37.9 Å². The molecule has 0 radical (unpaired) electrons. The number of rotatable bonds is 12. The summed E-state index contributed by atoms with van der Waals surface area (Å²) in [6.45, 7) is 0. The van der Waals surface area contributed by atoms with Crippen LogP contribution in [0.2, 0.25) is 0 Å². The van der Waals surface area contributed by atoms with Gasteiger partial charge in [-0.3, -0.25) is 0 Å². The summed E-state index contributed by atoms with van der Waals surface area (Å²) >= 11 is 0. The summed E-state index contributed by atoms with van der Waals surface area (Å²) in [6, 6.07) is 45.1. The van der Waals surface area contributed by atoms with Crippen molar-refractivity contribution in [2.24, 2.45) is 0 Å². The minimum atomic E-state index is -1.24. The van der Waals surface area contributed by atoms with Crippen molar-refractivity contribution in [1.29, 1.82) is 0 Å². The zero-order chi connectivity index (χ0) is 43.3. The molecule has 0 amide bonds. The van der Waals surface area contributed by atoms with Crippen LogP contribution in [0.15, 0.2) is 182 Å². The van der Waals surface area contributed by atoms with Crippen LogP contribution >= 0.6 is 0 Å². The van der Waals surface area contributed by atoms with E-state index in [-0.39, 0.29) is 51.6 Å². The van der Waals surface area contributed by atoms with E-state index in [0.29, 0.717) is 16.7 Å². The van der Waals surface area contributed by atoms with Crippen molar-refractivity contribution in [2.75, 3.05) is 0 Å². The van der Waals surface area contributed by atoms with Crippen LogP contribution in [0.25, 0.3) is 0 Å². The molecule has 0 fully saturated rings. The standard InChI is InChI=1S/C48H30O14/c49-43(31-10-4-1-5-11-31)55-35-16-18-38(19-17-35)58-46(52)34-28-41(61-47(53)59-39-24-20-36(21-25-39)56-44(50)32-12-6-2-7-13-32)30-42(29-34)62-48(54)60-40-26-22-37(23-27-40)57-45(51)33-14-8-3-9-15-33/h1-30H. The first-order chi connectivity index (χ1) is 30.1. The highest BCUT2D eigenvalue weighted by atomic mass is 16.7. The van der Waals surface area contributed by atoms with Crippen LogP contribution in [-0.2, 0) is 0 Å². The molecule has 7 rings (SSSR count). The van der Waals surface area contributed by atoms with Crippen molar-refractivity contribution >= 4 is 36.2 Å². The van der Waals surface area contributed by atoms with Gasteiger partial charge in [0.25, 0.3) is 0 Å². The third-order valence-corrected chi connectivity index (χ3v) is 8.26. The fourth-order valence-corrected chi connectivity index (χ4v) is 5.35. The second kappa shape index (κ2) is 19.6. The zero-order valence-electron chi connectivity index (χ0n) is 32.0. The van der Waals surface area contributed by atoms with Crippen molar-refractivity contribution in [3.8, 4) is 46.0 Å². The Morgan fingerprint density at radius 3 is 0.726 bits per heavy atom. The Bertz CT molecular complexity index is 2570. The molecule has 0 aromatic heterocycles. The van der Waals surface area contributed by atoms with Crippen LogP contribution < -0.4 is 37.9 Å². The number of ether oxygens (including phenoxy) is 8. The second-order valence-electron chi connectivity index (χ2n) is 12.7. The fraction of sp³-hybridized carbons (Fsp3) is 0. The normalized spacial score (nSPS) is 10.3. The highest BCUT2D eigenvalue weighted by molar-refractivity contribution is 5.93. The molecule has 0 spiro atoms. The summed E-state index contributed by atoms with van der Waals surface area (Å²) in [5, 5.41) is 0. The maximum absolute atomic E-state index is 13.4. The lowest BCUT2D eigenvalue weighted by Crippen LogP contribution is -2.17. The maximum atomic E-state index is 13.4. The van der Waals surface area contributed by atoms with E-state index in [4.69, 9.17) is 37.9 Å². The quantitative estimate of drug-likeness (QED) is 0.0646. The van der Waals surface area contributed by atoms with Gasteiger partial charge in [0.2, 0.25) is 0 Å². The maximum Gasteiger partial charge on any atom is 0.519 e. The molecule has 7 aromatic rings. The molecule has 0 heterocycles. The van der Waals surface area contributed by atoms with Crippen LogP contribution in [0.5, 0.6) is 46.0 Å². The van der Waals surface area contributed by atoms with E-state index < -0.39 is 36.2 Å². The van der Waals surface area contributed by atoms with E-state index in [1.165, 1.54) is 72.8 Å². The van der Waals surface area contributed by atoms with Crippen LogP contribution in [-0.4, -0.2) is 36.2 Å². The lowest BCUT2D eigenvalue weighted by atomic mass is 10.2. The Kier molecular flexibility index (Phi) is 13.0. The predicted molar refractivity (Wildman–Crippen MR) is 218 cm³/mol. The minimum absolute atomic E-state index is 0.0175. The predicted octanol–water partition coefficient (Wildman–Crippen LogP) is 9.72. The topological polar surface area (TPSA) is 176 Å². The van der Waals surface area contributed by atoms with E-state index in [2.05, 4.69) is 0 Å². The van der Waals surface area contributed by atoms with E-state index in [1.54, 1.807) is 91.0 Å². The first-order valence-corrected chi connectivity index (χ1v) is 18.4. The van der Waals surface area contributed by atoms with E-state index in [9.17, 15) is 28.8 Å². The lowest BCUT2D eigenvalue weighted by molar-refractivity contribution is 0.0719. The highest BCUT2D eigenvalue weighted by Gasteiger charge is 2.19. The summed E-state index contributed by atoms with van der Waals surface area (Å²) in [7, 11) is 0. The third-order valence-electron chi connectivity index (χ3n) is 8.26. The summed E-state index contributed by atoms with van der Waals surface area (Å²) in [6.07, 6.45) is -2.49. The molecule has 7 aromatic carbocycles. The summed E-state index contributed by atoms with van der Waals surface area (Å²) in [4.78, 5) is 76.4. The molecule has 0 aliphatic heterocycles. The van der Waals surface area contributed by atoms with E-state index in [0.717, 1.165) is 18.2 Å². The Hall–Kier alpha value is -9.04. The van der Waals surface area contributed by atoms with Crippen molar-refractivity contribution in [1.82, 2.24) is 0 Å². The monoisotopic (exact) mass is 830 g/mol. The molecule has 306 valence electrons. The highest BCUT2D eigenvalue weighted by Crippen LogP contribution is 2.28. The molecule has 14 heteroatoms. The molecule has 0 bridgehead atoms. The van der Waals surface area contributed by atoms with Crippen molar-refractivity contribution in [2.45, 2.75) is 0 Å². The SMILES string of the molecule is O=C(Oc1ccc(OC(=O)c2ccccc2)cc1)Oc1cc(OC(=O)Oc2ccc(OC(=O)c3ccccc3)cc2)cc(C(=O)Oc2ccc(OC(=O)c3ccccc3)cc2)c1. The van der Waals surface area contributed by atoms with Gasteiger partial charge >= 0.3 is 36.2 Å². The van der Waals surface area contributed by atoms with Gasteiger partial charge in [-0.1, -0.05) is 54.6 Å². The number of carbonyl (C=O) groups excluding carboxylic acids is 6. The van der Waals surface area contributed by atoms with Gasteiger partial charge in [0.15, 0.2) is 0 Å². The number of hydrogen-bond donors (Lipinski definition) is 0. The Morgan fingerprint density at radius 1 is 0.226 bits per heavy atom. The van der Waals surface area contributed by atoms with E-state index >= 15 is 0 Å². The van der Waals surface area contributed by atoms with Gasteiger partial charge in [0, 0.05) is 6.07 Å².